The first-order valence-corrected chi connectivity index (χ1v) is 8.11. The minimum Gasteiger partial charge on any atom is -0.354 e. The second-order valence-corrected chi connectivity index (χ2v) is 6.22. The predicted molar refractivity (Wildman–Crippen MR) is 97.2 cm³/mol. The lowest BCUT2D eigenvalue weighted by atomic mass is 10.0. The van der Waals surface area contributed by atoms with Crippen LogP contribution in [0.1, 0.15) is 5.56 Å². The topological polar surface area (TPSA) is 85.3 Å². The van der Waals surface area contributed by atoms with E-state index in [-0.39, 0.29) is 27.7 Å². The molecule has 0 saturated heterocycles. The van der Waals surface area contributed by atoms with Gasteiger partial charge in [0.1, 0.15) is 11.6 Å². The molecule has 4 rings (SSSR count). The molecule has 2 heterocycles. The number of H-pyrrole nitrogens is 2. The first-order chi connectivity index (χ1) is 13.0. The van der Waals surface area contributed by atoms with Crippen molar-refractivity contribution in [3.05, 3.63) is 75.2 Å². The van der Waals surface area contributed by atoms with Crippen LogP contribution >= 0.6 is 11.6 Å². The molecule has 2 N–H and O–H groups in total. The summed E-state index contributed by atoms with van der Waals surface area (Å²) in [4.78, 5) is 15.4. The zero-order valence-corrected chi connectivity index (χ0v) is 14.2. The van der Waals surface area contributed by atoms with Crippen molar-refractivity contribution in [1.29, 1.82) is 5.26 Å². The van der Waals surface area contributed by atoms with E-state index in [1.165, 1.54) is 36.7 Å². The molecule has 27 heavy (non-hydrogen) atoms. The highest BCUT2D eigenvalue weighted by Crippen LogP contribution is 2.32. The molecule has 0 bridgehead atoms. The molecule has 5 nitrogen and oxygen atoms in total. The molecule has 0 radical (unpaired) electrons. The summed E-state index contributed by atoms with van der Waals surface area (Å²) in [7, 11) is 0. The van der Waals surface area contributed by atoms with Crippen LogP contribution in [0.3, 0.4) is 0 Å². The van der Waals surface area contributed by atoms with E-state index in [1.54, 1.807) is 0 Å². The number of rotatable bonds is 2. The van der Waals surface area contributed by atoms with Crippen LogP contribution < -0.4 is 5.43 Å². The van der Waals surface area contributed by atoms with Gasteiger partial charge in [0.15, 0.2) is 5.43 Å². The van der Waals surface area contributed by atoms with Crippen LogP contribution in [0.4, 0.5) is 8.78 Å². The van der Waals surface area contributed by atoms with Crippen molar-refractivity contribution in [1.82, 2.24) is 15.2 Å². The average Bonchev–Trinajstić information content (AvgIpc) is 3.15. The van der Waals surface area contributed by atoms with Gasteiger partial charge in [0.25, 0.3) is 0 Å². The van der Waals surface area contributed by atoms with Gasteiger partial charge in [0.2, 0.25) is 0 Å². The molecular weight excluding hydrogens is 374 g/mol. The van der Waals surface area contributed by atoms with Gasteiger partial charge >= 0.3 is 0 Å². The lowest BCUT2D eigenvalue weighted by Crippen LogP contribution is -2.07. The van der Waals surface area contributed by atoms with E-state index in [9.17, 15) is 13.6 Å². The van der Waals surface area contributed by atoms with Crippen LogP contribution in [-0.4, -0.2) is 15.2 Å². The molecule has 0 amide bonds. The minimum atomic E-state index is -0.976. The first-order valence-electron chi connectivity index (χ1n) is 7.74. The van der Waals surface area contributed by atoms with E-state index in [2.05, 4.69) is 15.2 Å². The predicted octanol–water partition coefficient (Wildman–Crippen LogP) is 4.39. The summed E-state index contributed by atoms with van der Waals surface area (Å²) in [6, 6.07) is 8.74. The Balaban J connectivity index is 2.01. The zero-order chi connectivity index (χ0) is 19.1. The molecule has 0 unspecified atom stereocenters. The quantitative estimate of drug-likeness (QED) is 0.539. The summed E-state index contributed by atoms with van der Waals surface area (Å²) in [5.74, 6) is -1.82. The van der Waals surface area contributed by atoms with Crippen molar-refractivity contribution >= 4 is 22.5 Å². The number of aromatic amines is 2. The maximum Gasteiger partial charge on any atom is 0.193 e. The van der Waals surface area contributed by atoms with Crippen molar-refractivity contribution in [3.63, 3.8) is 0 Å². The Hall–Kier alpha value is -3.50. The van der Waals surface area contributed by atoms with Crippen LogP contribution in [0.25, 0.3) is 33.3 Å². The number of pyridine rings is 1. The number of nitrogens with one attached hydrogen (secondary N) is 2. The highest BCUT2D eigenvalue weighted by molar-refractivity contribution is 6.33. The van der Waals surface area contributed by atoms with Gasteiger partial charge in [-0.25, -0.2) is 8.78 Å². The standard InChI is InChI=1S/C19H9ClF2N4O/c20-12-2-1-9(6-23)3-11(12)14-5-16(27)18-15(26-14)4-13(21)17(19(18)22)10-7-24-25-8-10/h1-5,7-8H,(H,24,25)(H,26,27). The monoisotopic (exact) mass is 382 g/mol. The molecular formula is C19H9ClF2N4O. The Labute approximate surface area is 155 Å². The Morgan fingerprint density at radius 3 is 2.70 bits per heavy atom. The van der Waals surface area contributed by atoms with Crippen molar-refractivity contribution in [2.75, 3.05) is 0 Å². The molecule has 0 aliphatic rings. The summed E-state index contributed by atoms with van der Waals surface area (Å²) in [6.07, 6.45) is 2.60. The van der Waals surface area contributed by atoms with Crippen molar-refractivity contribution < 1.29 is 8.78 Å². The molecule has 0 atom stereocenters. The number of benzene rings is 2. The number of halogens is 3. The smallest absolute Gasteiger partial charge is 0.193 e. The van der Waals surface area contributed by atoms with E-state index in [4.69, 9.17) is 16.9 Å². The van der Waals surface area contributed by atoms with Gasteiger partial charge in [-0.3, -0.25) is 9.89 Å². The van der Waals surface area contributed by atoms with E-state index >= 15 is 0 Å². The molecule has 0 aliphatic carbocycles. The fraction of sp³-hybridized carbons (Fsp3) is 0. The van der Waals surface area contributed by atoms with Crippen molar-refractivity contribution in [2.24, 2.45) is 0 Å². The third kappa shape index (κ3) is 2.76. The summed E-state index contributed by atoms with van der Waals surface area (Å²) in [5, 5.41) is 15.2. The lowest BCUT2D eigenvalue weighted by Gasteiger charge is -2.10. The largest absolute Gasteiger partial charge is 0.354 e. The highest BCUT2D eigenvalue weighted by Gasteiger charge is 2.20. The molecule has 2 aromatic heterocycles. The van der Waals surface area contributed by atoms with E-state index in [0.29, 0.717) is 16.1 Å². The second kappa shape index (κ2) is 6.34. The van der Waals surface area contributed by atoms with E-state index < -0.39 is 17.1 Å². The lowest BCUT2D eigenvalue weighted by molar-refractivity contribution is 0.597. The van der Waals surface area contributed by atoms with Gasteiger partial charge in [-0.15, -0.1) is 0 Å². The van der Waals surface area contributed by atoms with Gasteiger partial charge in [-0.05, 0) is 24.3 Å². The summed E-state index contributed by atoms with van der Waals surface area (Å²) < 4.78 is 29.5. The molecule has 132 valence electrons. The van der Waals surface area contributed by atoms with E-state index in [0.717, 1.165) is 6.07 Å². The van der Waals surface area contributed by atoms with Crippen LogP contribution in [0.5, 0.6) is 0 Å². The Morgan fingerprint density at radius 1 is 1.19 bits per heavy atom. The highest BCUT2D eigenvalue weighted by atomic mass is 35.5. The van der Waals surface area contributed by atoms with Crippen LogP contribution in [0.2, 0.25) is 5.02 Å². The van der Waals surface area contributed by atoms with Gasteiger partial charge in [-0.2, -0.15) is 10.4 Å². The van der Waals surface area contributed by atoms with E-state index in [1.807, 2.05) is 6.07 Å². The Kier molecular flexibility index (Phi) is 3.98. The third-order valence-electron chi connectivity index (χ3n) is 4.18. The van der Waals surface area contributed by atoms with Crippen LogP contribution in [0.15, 0.2) is 47.5 Å². The molecule has 0 fully saturated rings. The van der Waals surface area contributed by atoms with Crippen LogP contribution in [-0.2, 0) is 0 Å². The number of nitrogens with zero attached hydrogens (tertiary/aromatic N) is 2. The first kappa shape index (κ1) is 16.9. The fourth-order valence-electron chi connectivity index (χ4n) is 2.94. The Bertz CT molecular complexity index is 1290. The number of aromatic nitrogens is 3. The number of fused-ring (bicyclic) bond motifs is 1. The number of hydrogen-bond acceptors (Lipinski definition) is 3. The van der Waals surface area contributed by atoms with Gasteiger partial charge in [-0.1, -0.05) is 11.6 Å². The van der Waals surface area contributed by atoms with Gasteiger partial charge in [0, 0.05) is 28.4 Å². The molecule has 4 aromatic rings. The maximum absolute atomic E-state index is 14.9. The summed E-state index contributed by atoms with van der Waals surface area (Å²) in [5.41, 5.74) is 0.179. The molecule has 2 aromatic carbocycles. The average molecular weight is 383 g/mol. The van der Waals surface area contributed by atoms with Crippen molar-refractivity contribution in [3.8, 4) is 28.5 Å². The maximum atomic E-state index is 14.9. The van der Waals surface area contributed by atoms with Gasteiger partial charge < -0.3 is 4.98 Å². The SMILES string of the molecule is N#Cc1ccc(Cl)c(-c2cc(=O)c3c(F)c(-c4cn[nH]c4)c(F)cc3[nH]2)c1. The second-order valence-electron chi connectivity index (χ2n) is 5.81. The zero-order valence-electron chi connectivity index (χ0n) is 13.5. The molecule has 8 heteroatoms. The molecule has 0 aliphatic heterocycles. The third-order valence-corrected chi connectivity index (χ3v) is 4.51. The molecule has 0 spiro atoms. The van der Waals surface area contributed by atoms with Crippen molar-refractivity contribution in [2.45, 2.75) is 0 Å². The molecule has 0 saturated carbocycles. The Morgan fingerprint density at radius 2 is 2.00 bits per heavy atom. The minimum absolute atomic E-state index is 0.0156. The van der Waals surface area contributed by atoms with Crippen LogP contribution in [0, 0.1) is 23.0 Å². The fourth-order valence-corrected chi connectivity index (χ4v) is 3.16. The number of hydrogen-bond donors (Lipinski definition) is 2. The van der Waals surface area contributed by atoms with Gasteiger partial charge in [0.05, 0.1) is 40.0 Å². The normalized spacial score (nSPS) is 10.9. The summed E-state index contributed by atoms with van der Waals surface area (Å²) >= 11 is 6.16. The summed E-state index contributed by atoms with van der Waals surface area (Å²) in [6.45, 7) is 0. The number of nitriles is 1.